The van der Waals surface area contributed by atoms with E-state index in [9.17, 15) is 9.59 Å². The first kappa shape index (κ1) is 26.9. The van der Waals surface area contributed by atoms with Crippen molar-refractivity contribution in [3.63, 3.8) is 0 Å². The molecule has 0 bridgehead atoms. The molecule has 32 heavy (non-hydrogen) atoms. The Labute approximate surface area is 196 Å². The topological polar surface area (TPSA) is 52.6 Å². The summed E-state index contributed by atoms with van der Waals surface area (Å²) < 4.78 is 12.0. The molecule has 0 unspecified atom stereocenters. The van der Waals surface area contributed by atoms with Gasteiger partial charge in [0.25, 0.3) is 0 Å². The maximum Gasteiger partial charge on any atom is 0.311 e. The van der Waals surface area contributed by atoms with Gasteiger partial charge >= 0.3 is 11.9 Å². The van der Waals surface area contributed by atoms with Crippen LogP contribution in [0.1, 0.15) is 101 Å². The van der Waals surface area contributed by atoms with Crippen molar-refractivity contribution in [1.82, 2.24) is 0 Å². The number of esters is 2. The van der Waals surface area contributed by atoms with E-state index in [2.05, 4.69) is 40.7 Å². The summed E-state index contributed by atoms with van der Waals surface area (Å²) in [4.78, 5) is 24.9. The third kappa shape index (κ3) is 5.97. The SMILES string of the molecule is C.CCC(C)(C)C(=O)O[C@H]1C[C@@H](C)C[C@@H]2C(C)=C[C@H](C)[C@H](CC[C@@H]3C[C@@H](C)CC(=O)O3)[C@@H]12. The molecule has 2 aliphatic carbocycles. The molecule has 0 aromatic rings. The van der Waals surface area contributed by atoms with Crippen molar-refractivity contribution in [2.75, 3.05) is 0 Å². The van der Waals surface area contributed by atoms with E-state index in [1.54, 1.807) is 0 Å². The van der Waals surface area contributed by atoms with Gasteiger partial charge in [-0.05, 0) is 88.9 Å². The minimum Gasteiger partial charge on any atom is -0.462 e. The van der Waals surface area contributed by atoms with Crippen molar-refractivity contribution in [3.05, 3.63) is 11.6 Å². The van der Waals surface area contributed by atoms with E-state index in [4.69, 9.17) is 9.47 Å². The second-order valence-electron chi connectivity index (χ2n) is 11.6. The second kappa shape index (κ2) is 10.7. The Morgan fingerprint density at radius 3 is 2.44 bits per heavy atom. The third-order valence-corrected chi connectivity index (χ3v) is 8.46. The van der Waals surface area contributed by atoms with Gasteiger partial charge in [-0.3, -0.25) is 9.59 Å². The summed E-state index contributed by atoms with van der Waals surface area (Å²) in [6.07, 6.45) is 8.85. The molecule has 184 valence electrons. The Hall–Kier alpha value is -1.32. The highest BCUT2D eigenvalue weighted by molar-refractivity contribution is 5.76. The van der Waals surface area contributed by atoms with Crippen LogP contribution in [0.3, 0.4) is 0 Å². The van der Waals surface area contributed by atoms with Crippen LogP contribution in [0.4, 0.5) is 0 Å². The quantitative estimate of drug-likeness (QED) is 0.325. The number of rotatable bonds is 6. The zero-order valence-electron chi connectivity index (χ0n) is 20.8. The van der Waals surface area contributed by atoms with Crippen molar-refractivity contribution >= 4 is 11.9 Å². The van der Waals surface area contributed by atoms with Crippen LogP contribution < -0.4 is 0 Å². The highest BCUT2D eigenvalue weighted by atomic mass is 16.5. The van der Waals surface area contributed by atoms with Gasteiger partial charge in [-0.2, -0.15) is 0 Å². The number of fused-ring (bicyclic) bond motifs is 1. The summed E-state index contributed by atoms with van der Waals surface area (Å²) >= 11 is 0. The third-order valence-electron chi connectivity index (χ3n) is 8.46. The van der Waals surface area contributed by atoms with Gasteiger partial charge in [0.05, 0.1) is 5.41 Å². The lowest BCUT2D eigenvalue weighted by Crippen LogP contribution is -2.48. The molecule has 1 saturated carbocycles. The van der Waals surface area contributed by atoms with Gasteiger partial charge in [0, 0.05) is 12.3 Å². The van der Waals surface area contributed by atoms with E-state index in [1.807, 2.05) is 13.8 Å². The van der Waals surface area contributed by atoms with Crippen LogP contribution in [-0.2, 0) is 19.1 Å². The Balaban J connectivity index is 0.00000363. The smallest absolute Gasteiger partial charge is 0.311 e. The number of carbonyl (C=O) groups is 2. The highest BCUT2D eigenvalue weighted by Crippen LogP contribution is 2.50. The van der Waals surface area contributed by atoms with Gasteiger partial charge in [-0.25, -0.2) is 0 Å². The second-order valence-corrected chi connectivity index (χ2v) is 11.6. The highest BCUT2D eigenvalue weighted by Gasteiger charge is 2.47. The van der Waals surface area contributed by atoms with Crippen molar-refractivity contribution in [3.8, 4) is 0 Å². The predicted octanol–water partition coefficient (Wildman–Crippen LogP) is 6.97. The number of hydrogen-bond acceptors (Lipinski definition) is 4. The lowest BCUT2D eigenvalue weighted by molar-refractivity contribution is -0.171. The average Bonchev–Trinajstić information content (AvgIpc) is 2.67. The summed E-state index contributed by atoms with van der Waals surface area (Å²) in [6, 6.07) is 0. The summed E-state index contributed by atoms with van der Waals surface area (Å²) in [6.45, 7) is 15.1. The average molecular weight is 449 g/mol. The molecule has 0 aromatic carbocycles. The lowest BCUT2D eigenvalue weighted by Gasteiger charge is -2.49. The fraction of sp³-hybridized carbons (Fsp3) is 0.857. The normalized spacial score (nSPS) is 37.5. The van der Waals surface area contributed by atoms with E-state index in [-0.39, 0.29) is 31.6 Å². The van der Waals surface area contributed by atoms with E-state index >= 15 is 0 Å². The molecule has 1 heterocycles. The van der Waals surface area contributed by atoms with E-state index in [0.29, 0.717) is 41.9 Å². The van der Waals surface area contributed by atoms with Crippen LogP contribution in [0.15, 0.2) is 11.6 Å². The number of ether oxygens (including phenoxy) is 2. The first-order chi connectivity index (χ1) is 14.5. The number of carbonyl (C=O) groups excluding carboxylic acids is 2. The molecule has 1 saturated heterocycles. The summed E-state index contributed by atoms with van der Waals surface area (Å²) in [7, 11) is 0. The largest absolute Gasteiger partial charge is 0.462 e. The molecular formula is C28H48O4. The number of hydrogen-bond donors (Lipinski definition) is 0. The molecule has 3 aliphatic rings. The molecule has 3 rings (SSSR count). The molecule has 0 amide bonds. The first-order valence-electron chi connectivity index (χ1n) is 12.6. The van der Waals surface area contributed by atoms with Gasteiger partial charge in [0.2, 0.25) is 0 Å². The zero-order valence-corrected chi connectivity index (χ0v) is 20.8. The Bertz CT molecular complexity index is 694. The Morgan fingerprint density at radius 1 is 1.12 bits per heavy atom. The summed E-state index contributed by atoms with van der Waals surface area (Å²) in [5.74, 6) is 2.62. The maximum atomic E-state index is 13.0. The van der Waals surface area contributed by atoms with Crippen molar-refractivity contribution in [2.45, 2.75) is 113 Å². The van der Waals surface area contributed by atoms with Crippen LogP contribution in [-0.4, -0.2) is 24.1 Å². The molecule has 0 radical (unpaired) electrons. The van der Waals surface area contributed by atoms with E-state index < -0.39 is 5.41 Å². The van der Waals surface area contributed by atoms with E-state index in [0.717, 1.165) is 32.1 Å². The van der Waals surface area contributed by atoms with Gasteiger partial charge in [0.15, 0.2) is 0 Å². The standard InChI is InChI=1S/C27H44O4.CH4/c1-8-27(6,7)26(29)31-23-13-17(3)12-22-19(5)15-18(4)21(25(22)23)10-9-20-11-16(2)14-24(28)30-20;/h15-18,20-23,25H,8-14H2,1-7H3;1H4/t16-,17+,18+,20-,21+,22-,23+,25-;/m1./s1. The molecular weight excluding hydrogens is 400 g/mol. The van der Waals surface area contributed by atoms with Crippen molar-refractivity contribution in [1.29, 1.82) is 0 Å². The van der Waals surface area contributed by atoms with E-state index in [1.165, 1.54) is 12.0 Å². The Morgan fingerprint density at radius 2 is 1.81 bits per heavy atom. The van der Waals surface area contributed by atoms with Gasteiger partial charge in [-0.15, -0.1) is 0 Å². The zero-order chi connectivity index (χ0) is 22.9. The molecule has 0 aromatic heterocycles. The van der Waals surface area contributed by atoms with Gasteiger partial charge < -0.3 is 9.47 Å². The fourth-order valence-corrected chi connectivity index (χ4v) is 6.25. The number of cyclic esters (lactones) is 1. The molecule has 1 aliphatic heterocycles. The fourth-order valence-electron chi connectivity index (χ4n) is 6.25. The van der Waals surface area contributed by atoms with Crippen LogP contribution in [0, 0.1) is 40.9 Å². The maximum absolute atomic E-state index is 13.0. The molecule has 0 N–H and O–H groups in total. The van der Waals surface area contributed by atoms with Gasteiger partial charge in [0.1, 0.15) is 12.2 Å². The summed E-state index contributed by atoms with van der Waals surface area (Å²) in [5.41, 5.74) is 1.03. The molecule has 8 atom stereocenters. The Kier molecular flexibility index (Phi) is 9.04. The minimum atomic E-state index is -0.441. The van der Waals surface area contributed by atoms with Crippen molar-refractivity contribution < 1.29 is 19.1 Å². The van der Waals surface area contributed by atoms with Crippen LogP contribution in [0.2, 0.25) is 0 Å². The van der Waals surface area contributed by atoms with Crippen molar-refractivity contribution in [2.24, 2.45) is 40.9 Å². The minimum absolute atomic E-state index is 0. The first-order valence-corrected chi connectivity index (χ1v) is 12.6. The monoisotopic (exact) mass is 448 g/mol. The van der Waals surface area contributed by atoms with Crippen LogP contribution >= 0.6 is 0 Å². The molecule has 2 fully saturated rings. The van der Waals surface area contributed by atoms with Gasteiger partial charge in [-0.1, -0.05) is 46.8 Å². The molecule has 4 heteroatoms. The van der Waals surface area contributed by atoms with Crippen LogP contribution in [0.5, 0.6) is 0 Å². The summed E-state index contributed by atoms with van der Waals surface area (Å²) in [5, 5.41) is 0. The predicted molar refractivity (Wildman–Crippen MR) is 130 cm³/mol. The molecule has 4 nitrogen and oxygen atoms in total. The molecule has 0 spiro atoms. The lowest BCUT2D eigenvalue weighted by atomic mass is 9.58. The number of allylic oxidation sites excluding steroid dienone is 2. The van der Waals surface area contributed by atoms with Crippen LogP contribution in [0.25, 0.3) is 0 Å².